The first-order valence-corrected chi connectivity index (χ1v) is 18.9. The van der Waals surface area contributed by atoms with Gasteiger partial charge in [-0.15, -0.1) is 0 Å². The summed E-state index contributed by atoms with van der Waals surface area (Å²) in [6.07, 6.45) is 6.90. The molecule has 2 saturated carbocycles. The molecule has 1 aromatic carbocycles. The Kier molecular flexibility index (Phi) is 8.58. The molecule has 3 fully saturated rings. The molecule has 0 radical (unpaired) electrons. The molecule has 5 heterocycles. The number of likely N-dealkylation sites (tertiary alicyclic amines) is 1. The molecule has 10 nitrogen and oxygen atoms in total. The highest BCUT2D eigenvalue weighted by molar-refractivity contribution is 6.08. The molecule has 0 spiro atoms. The molecule has 13 heteroatoms. The number of carbonyl (C=O) groups excluding carboxylic acids is 2. The lowest BCUT2D eigenvalue weighted by molar-refractivity contribution is -0.912. The maximum Gasteiger partial charge on any atom is 0.261 e. The molecule has 2 aliphatic heterocycles. The minimum Gasteiger partial charge on any atom is -0.341 e. The van der Waals surface area contributed by atoms with E-state index in [0.29, 0.717) is 28.1 Å². The number of amides is 2. The van der Waals surface area contributed by atoms with Gasteiger partial charge in [0.25, 0.3) is 12.3 Å². The van der Waals surface area contributed by atoms with Gasteiger partial charge in [0, 0.05) is 34.8 Å². The average Bonchev–Trinajstić information content (AvgIpc) is 3.71. The van der Waals surface area contributed by atoms with Crippen LogP contribution in [-0.4, -0.2) is 69.0 Å². The van der Waals surface area contributed by atoms with Gasteiger partial charge in [-0.2, -0.15) is 0 Å². The summed E-state index contributed by atoms with van der Waals surface area (Å²) in [6.45, 7) is 13.8. The van der Waals surface area contributed by atoms with E-state index in [-0.39, 0.29) is 47.5 Å². The van der Waals surface area contributed by atoms with Gasteiger partial charge in [-0.1, -0.05) is 6.92 Å². The third-order valence-corrected chi connectivity index (χ3v) is 12.0. The largest absolute Gasteiger partial charge is 0.341 e. The minimum absolute atomic E-state index is 0.00706. The van der Waals surface area contributed by atoms with Gasteiger partial charge in [-0.25, -0.2) is 23.1 Å². The number of quaternary nitrogens is 1. The van der Waals surface area contributed by atoms with Crippen LogP contribution < -0.4 is 20.4 Å². The summed E-state index contributed by atoms with van der Waals surface area (Å²) in [7, 11) is 0. The Labute approximate surface area is 307 Å². The number of benzene rings is 1. The van der Waals surface area contributed by atoms with Crippen molar-refractivity contribution in [2.75, 3.05) is 29.9 Å². The molecule has 0 atom stereocenters. The highest BCUT2D eigenvalue weighted by atomic mass is 19.3. The molecule has 1 saturated heterocycles. The van der Waals surface area contributed by atoms with E-state index in [2.05, 4.69) is 22.5 Å². The lowest BCUT2D eigenvalue weighted by Gasteiger charge is -2.50. The minimum atomic E-state index is -2.69. The number of fused-ring (bicyclic) bond motifs is 2. The molecule has 2 aliphatic carbocycles. The first-order valence-electron chi connectivity index (χ1n) is 18.9. The van der Waals surface area contributed by atoms with Crippen molar-refractivity contribution >= 4 is 40.0 Å². The zero-order valence-electron chi connectivity index (χ0n) is 31.0. The average molecular weight is 730 g/mol. The Morgan fingerprint density at radius 2 is 1.77 bits per heavy atom. The summed E-state index contributed by atoms with van der Waals surface area (Å²) in [5.74, 6) is -0.986. The second-order valence-electron chi connectivity index (χ2n) is 17.0. The van der Waals surface area contributed by atoms with Crippen molar-refractivity contribution in [3.05, 3.63) is 59.9 Å². The number of piperidine rings is 1. The van der Waals surface area contributed by atoms with Crippen LogP contribution in [0.1, 0.15) is 102 Å². The van der Waals surface area contributed by atoms with Gasteiger partial charge in [0.15, 0.2) is 5.82 Å². The fourth-order valence-corrected chi connectivity index (χ4v) is 8.78. The number of carbonyl (C=O) groups is 2. The van der Waals surface area contributed by atoms with Crippen LogP contribution in [0, 0.1) is 11.2 Å². The number of rotatable bonds is 10. The van der Waals surface area contributed by atoms with Crippen molar-refractivity contribution in [3.8, 4) is 11.3 Å². The van der Waals surface area contributed by atoms with Gasteiger partial charge in [0.1, 0.15) is 16.9 Å². The van der Waals surface area contributed by atoms with Crippen LogP contribution in [0.15, 0.2) is 42.9 Å². The summed E-state index contributed by atoms with van der Waals surface area (Å²) < 4.78 is 44.5. The molecular formula is C40H48F3N8O2+. The van der Waals surface area contributed by atoms with Gasteiger partial charge in [0.2, 0.25) is 5.91 Å². The lowest BCUT2D eigenvalue weighted by atomic mass is 9.65. The van der Waals surface area contributed by atoms with E-state index in [4.69, 9.17) is 9.97 Å². The molecule has 2 amide bonds. The topological polar surface area (TPSA) is 109 Å². The van der Waals surface area contributed by atoms with Gasteiger partial charge in [-0.3, -0.25) is 14.6 Å². The van der Waals surface area contributed by atoms with Gasteiger partial charge in [0.05, 0.1) is 59.7 Å². The van der Waals surface area contributed by atoms with Crippen LogP contribution in [0.2, 0.25) is 0 Å². The molecule has 4 aliphatic rings. The Morgan fingerprint density at radius 3 is 2.45 bits per heavy atom. The Balaban J connectivity index is 1.12. The van der Waals surface area contributed by atoms with Crippen molar-refractivity contribution in [1.29, 1.82) is 0 Å². The number of nitrogens with zero attached hydrogens (tertiary/aromatic N) is 5. The first-order chi connectivity index (χ1) is 25.2. The fraction of sp³-hybridized carbons (Fsp3) is 0.525. The SMILES string of the molecule is CC(C)n1cnc2cc(-c3cnc4c(c3)N(C3CC(C)(C[NH+]5CCCCC5)C3)C(=O)C4(C)C)nc(Nc3cc(C(=O)NC4(C(F)F)CC4)ccc3F)c21. The van der Waals surface area contributed by atoms with Gasteiger partial charge in [-0.05, 0) is 103 Å². The third kappa shape index (κ3) is 6.24. The van der Waals surface area contributed by atoms with E-state index in [1.807, 2.05) is 49.3 Å². The maximum atomic E-state index is 15.4. The van der Waals surface area contributed by atoms with Crippen molar-refractivity contribution in [3.63, 3.8) is 0 Å². The van der Waals surface area contributed by atoms with Crippen molar-refractivity contribution in [2.24, 2.45) is 5.41 Å². The van der Waals surface area contributed by atoms with E-state index >= 15 is 4.39 Å². The number of nitrogens with one attached hydrogen (secondary N) is 3. The Bertz CT molecular complexity index is 2100. The smallest absolute Gasteiger partial charge is 0.261 e. The number of hydrogen-bond acceptors (Lipinski definition) is 6. The molecule has 3 aromatic heterocycles. The Hall–Kier alpha value is -4.52. The number of halogens is 3. The van der Waals surface area contributed by atoms with Crippen LogP contribution in [0.4, 0.5) is 30.4 Å². The van der Waals surface area contributed by atoms with Crippen LogP contribution in [0.25, 0.3) is 22.3 Å². The molecule has 280 valence electrons. The van der Waals surface area contributed by atoms with Crippen molar-refractivity contribution < 1.29 is 27.7 Å². The monoisotopic (exact) mass is 729 g/mol. The van der Waals surface area contributed by atoms with Crippen molar-refractivity contribution in [1.82, 2.24) is 24.8 Å². The van der Waals surface area contributed by atoms with Crippen LogP contribution in [0.3, 0.4) is 0 Å². The molecule has 53 heavy (non-hydrogen) atoms. The van der Waals surface area contributed by atoms with E-state index in [1.54, 1.807) is 17.4 Å². The summed E-state index contributed by atoms with van der Waals surface area (Å²) in [4.78, 5) is 45.2. The zero-order valence-corrected chi connectivity index (χ0v) is 31.0. The van der Waals surface area contributed by atoms with Crippen LogP contribution in [0.5, 0.6) is 0 Å². The number of aromatic nitrogens is 4. The predicted molar refractivity (Wildman–Crippen MR) is 197 cm³/mol. The van der Waals surface area contributed by atoms with E-state index in [9.17, 15) is 18.4 Å². The highest BCUT2D eigenvalue weighted by Crippen LogP contribution is 2.50. The van der Waals surface area contributed by atoms with E-state index < -0.39 is 29.1 Å². The highest BCUT2D eigenvalue weighted by Gasteiger charge is 2.54. The first kappa shape index (κ1) is 35.5. The summed E-state index contributed by atoms with van der Waals surface area (Å²) in [5.41, 5.74) is 1.86. The number of pyridine rings is 2. The molecule has 0 bridgehead atoms. The normalized spacial score (nSPS) is 23.4. The molecule has 3 N–H and O–H groups in total. The number of hydrogen-bond donors (Lipinski definition) is 3. The Morgan fingerprint density at radius 1 is 1.04 bits per heavy atom. The number of alkyl halides is 2. The van der Waals surface area contributed by atoms with Gasteiger partial charge < -0.3 is 25.0 Å². The molecule has 4 aromatic rings. The molecule has 8 rings (SSSR count). The number of anilines is 3. The van der Waals surface area contributed by atoms with Crippen LogP contribution >= 0.6 is 0 Å². The summed E-state index contributed by atoms with van der Waals surface area (Å²) in [6, 6.07) is 7.65. The fourth-order valence-electron chi connectivity index (χ4n) is 8.78. The third-order valence-electron chi connectivity index (χ3n) is 12.0. The number of imidazole rings is 1. The second-order valence-corrected chi connectivity index (χ2v) is 17.0. The molecular weight excluding hydrogens is 681 g/mol. The van der Waals surface area contributed by atoms with Crippen molar-refractivity contribution in [2.45, 2.75) is 109 Å². The summed E-state index contributed by atoms with van der Waals surface area (Å²) >= 11 is 0. The van der Waals surface area contributed by atoms with E-state index in [0.717, 1.165) is 36.8 Å². The molecule has 0 unspecified atom stereocenters. The van der Waals surface area contributed by atoms with Gasteiger partial charge >= 0.3 is 0 Å². The maximum absolute atomic E-state index is 15.4. The summed E-state index contributed by atoms with van der Waals surface area (Å²) in [5, 5.41) is 5.54. The quantitative estimate of drug-likeness (QED) is 0.176. The predicted octanol–water partition coefficient (Wildman–Crippen LogP) is 6.35. The lowest BCUT2D eigenvalue weighted by Crippen LogP contribution is -3.14. The standard InChI is InChI=1S/C40H47F3N8O2/c1-23(2)50-22-45-30-17-28(46-34(32(30)50)47-29-15-24(9-10-27(29)41)35(52)48-40(11-12-40)36(42)43)25-16-31-33(44-20-25)38(3,4)37(53)51(31)26-18-39(5,19-26)21-49-13-7-6-8-14-49/h9-10,15-17,20,22-23,26,36H,6-8,11-14,18-19,21H2,1-5H3,(H,46,47)(H,48,52)/p+1. The second kappa shape index (κ2) is 12.8. The van der Waals surface area contributed by atoms with E-state index in [1.165, 1.54) is 44.5 Å². The zero-order chi connectivity index (χ0) is 37.4. The van der Waals surface area contributed by atoms with Crippen LogP contribution in [-0.2, 0) is 10.2 Å².